The lowest BCUT2D eigenvalue weighted by Gasteiger charge is -2.64. The lowest BCUT2D eigenvalue weighted by molar-refractivity contribution is -0.203. The van der Waals surface area contributed by atoms with Crippen LogP contribution < -0.4 is 0 Å². The molecule has 4 aliphatic carbocycles. The monoisotopic (exact) mass is 434 g/mol. The minimum Gasteiger partial charge on any atom is -0.481 e. The van der Waals surface area contributed by atoms with Crippen LogP contribution in [0.3, 0.4) is 0 Å². The van der Waals surface area contributed by atoms with Gasteiger partial charge in [-0.1, -0.05) is 41.0 Å². The van der Waals surface area contributed by atoms with Gasteiger partial charge in [-0.3, -0.25) is 4.79 Å². The average molecular weight is 435 g/mol. The third-order valence-corrected chi connectivity index (χ3v) is 11.3. The molecular weight excluding hydrogens is 388 g/mol. The van der Waals surface area contributed by atoms with E-state index < -0.39 is 5.97 Å². The first-order valence-corrected chi connectivity index (χ1v) is 13.1. The predicted octanol–water partition coefficient (Wildman–Crippen LogP) is 5.36. The molecular formula is C27H46O4. The fourth-order valence-corrected chi connectivity index (χ4v) is 9.76. The maximum absolute atomic E-state index is 11.7. The molecule has 4 heteroatoms. The fraction of sp³-hybridized carbons (Fsp3) is 0.963. The van der Waals surface area contributed by atoms with Crippen LogP contribution in [-0.4, -0.2) is 33.5 Å². The highest BCUT2D eigenvalue weighted by atomic mass is 16.4. The molecule has 3 N–H and O–H groups in total. The second-order valence-electron chi connectivity index (χ2n) is 12.6. The smallest absolute Gasteiger partial charge is 0.306 e. The Bertz CT molecular complexity index is 678. The Morgan fingerprint density at radius 1 is 0.968 bits per heavy atom. The minimum atomic E-state index is -0.679. The van der Waals surface area contributed by atoms with Crippen LogP contribution in [0.15, 0.2) is 0 Å². The van der Waals surface area contributed by atoms with Crippen LogP contribution >= 0.6 is 0 Å². The molecule has 0 bridgehead atoms. The largest absolute Gasteiger partial charge is 0.481 e. The van der Waals surface area contributed by atoms with Gasteiger partial charge in [0.25, 0.3) is 0 Å². The van der Waals surface area contributed by atoms with Gasteiger partial charge in [0, 0.05) is 0 Å². The van der Waals surface area contributed by atoms with E-state index in [2.05, 4.69) is 27.7 Å². The first kappa shape index (κ1) is 23.5. The quantitative estimate of drug-likeness (QED) is 0.544. The van der Waals surface area contributed by atoms with E-state index in [1.807, 2.05) is 6.92 Å². The number of carboxylic acids is 1. The van der Waals surface area contributed by atoms with Gasteiger partial charge >= 0.3 is 5.97 Å². The zero-order valence-corrected chi connectivity index (χ0v) is 20.4. The molecule has 0 amide bonds. The van der Waals surface area contributed by atoms with Gasteiger partial charge in [0.05, 0.1) is 18.1 Å². The topological polar surface area (TPSA) is 77.8 Å². The summed E-state index contributed by atoms with van der Waals surface area (Å²) in [5.74, 6) is 2.23. The second-order valence-corrected chi connectivity index (χ2v) is 12.6. The highest BCUT2D eigenvalue weighted by Gasteiger charge is 2.64. The Balaban J connectivity index is 1.61. The van der Waals surface area contributed by atoms with Crippen molar-refractivity contribution in [2.75, 3.05) is 0 Å². The van der Waals surface area contributed by atoms with Crippen LogP contribution in [0.5, 0.6) is 0 Å². The molecule has 4 aliphatic rings. The molecule has 4 saturated carbocycles. The van der Waals surface area contributed by atoms with E-state index in [4.69, 9.17) is 0 Å². The van der Waals surface area contributed by atoms with Crippen LogP contribution in [0.1, 0.15) is 92.4 Å². The summed E-state index contributed by atoms with van der Waals surface area (Å²) in [7, 11) is 0. The van der Waals surface area contributed by atoms with Crippen LogP contribution in [-0.2, 0) is 4.79 Å². The molecule has 0 aromatic carbocycles. The van der Waals surface area contributed by atoms with E-state index in [-0.39, 0.29) is 29.0 Å². The lowest BCUT2D eigenvalue weighted by Crippen LogP contribution is -2.62. The van der Waals surface area contributed by atoms with Crippen molar-refractivity contribution in [2.45, 2.75) is 105 Å². The van der Waals surface area contributed by atoms with Crippen LogP contribution in [0.4, 0.5) is 0 Å². The summed E-state index contributed by atoms with van der Waals surface area (Å²) < 4.78 is 0. The van der Waals surface area contributed by atoms with Gasteiger partial charge in [-0.2, -0.15) is 0 Å². The van der Waals surface area contributed by atoms with Crippen molar-refractivity contribution in [3.8, 4) is 0 Å². The summed E-state index contributed by atoms with van der Waals surface area (Å²) in [6.07, 6.45) is 8.95. The predicted molar refractivity (Wildman–Crippen MR) is 122 cm³/mol. The van der Waals surface area contributed by atoms with Gasteiger partial charge in [-0.25, -0.2) is 0 Å². The zero-order chi connectivity index (χ0) is 22.7. The molecule has 0 aromatic heterocycles. The number of aliphatic carboxylic acids is 1. The third-order valence-electron chi connectivity index (χ3n) is 11.3. The molecule has 4 fully saturated rings. The summed E-state index contributed by atoms with van der Waals surface area (Å²) in [6.45, 7) is 11.3. The van der Waals surface area contributed by atoms with Crippen molar-refractivity contribution in [3.05, 3.63) is 0 Å². The third kappa shape index (κ3) is 3.59. The maximum atomic E-state index is 11.7. The van der Waals surface area contributed by atoms with Crippen LogP contribution in [0, 0.1) is 58.2 Å². The van der Waals surface area contributed by atoms with E-state index in [1.165, 1.54) is 25.7 Å². The normalized spacial score (nSPS) is 51.3. The summed E-state index contributed by atoms with van der Waals surface area (Å²) >= 11 is 0. The van der Waals surface area contributed by atoms with Crippen LogP contribution in [0.25, 0.3) is 0 Å². The number of aliphatic hydroxyl groups excluding tert-OH is 2. The number of aliphatic hydroxyl groups is 2. The minimum absolute atomic E-state index is 0.197. The number of carboxylic acid groups (broad SMARTS) is 1. The molecule has 0 saturated heterocycles. The Morgan fingerprint density at radius 3 is 2.26 bits per heavy atom. The number of hydrogen-bond donors (Lipinski definition) is 3. The highest BCUT2D eigenvalue weighted by molar-refractivity contribution is 5.69. The summed E-state index contributed by atoms with van der Waals surface area (Å²) in [6, 6.07) is 0. The Labute approximate surface area is 189 Å². The molecule has 31 heavy (non-hydrogen) atoms. The van der Waals surface area contributed by atoms with E-state index in [0.717, 1.165) is 32.1 Å². The van der Waals surface area contributed by atoms with Gasteiger partial charge in [-0.15, -0.1) is 0 Å². The molecule has 0 radical (unpaired) electrons. The Morgan fingerprint density at radius 2 is 1.61 bits per heavy atom. The van der Waals surface area contributed by atoms with Crippen molar-refractivity contribution in [1.29, 1.82) is 0 Å². The molecule has 3 unspecified atom stereocenters. The number of hydrogen-bond acceptors (Lipinski definition) is 3. The van der Waals surface area contributed by atoms with E-state index in [1.54, 1.807) is 0 Å². The highest BCUT2D eigenvalue weighted by Crippen LogP contribution is 2.69. The maximum Gasteiger partial charge on any atom is 0.306 e. The zero-order valence-electron chi connectivity index (χ0n) is 20.4. The SMILES string of the molecule is CC[C@H]1[C@H](O)C2C3CC[C@H]([C@@H](C)C[C@@H](C)C(=O)O)[C@@]3(C)CCC2[C@@]2(C)CC[C@@H](O)C[C@@H]12. The summed E-state index contributed by atoms with van der Waals surface area (Å²) in [5, 5.41) is 31.6. The second kappa shape index (κ2) is 8.31. The molecule has 4 rings (SSSR count). The van der Waals surface area contributed by atoms with Gasteiger partial charge in [0.2, 0.25) is 0 Å². The molecule has 0 aromatic rings. The average Bonchev–Trinajstić information content (AvgIpc) is 3.06. The molecule has 12 atom stereocenters. The number of fused-ring (bicyclic) bond motifs is 5. The molecule has 0 spiro atoms. The molecule has 178 valence electrons. The number of rotatable bonds is 5. The summed E-state index contributed by atoms with van der Waals surface area (Å²) in [5.41, 5.74) is 0.460. The van der Waals surface area contributed by atoms with Gasteiger partial charge in [-0.05, 0) is 104 Å². The molecule has 4 nitrogen and oxygen atoms in total. The lowest BCUT2D eigenvalue weighted by atomic mass is 9.41. The molecule has 0 aliphatic heterocycles. The number of carbonyl (C=O) groups is 1. The van der Waals surface area contributed by atoms with E-state index >= 15 is 0 Å². The Hall–Kier alpha value is -0.610. The molecule has 0 heterocycles. The standard InChI is InChI=1S/C27H46O4/c1-6-18-22-14-17(28)9-11-27(22,5)21-10-12-26(4)19(15(2)13-16(3)25(30)31)7-8-20(26)23(21)24(18)29/h15-24,28-29H,6-14H2,1-5H3,(H,30,31)/t15-,16+,17+,18+,19+,20?,21?,22-,23?,24-,26+,27+/m0/s1. The van der Waals surface area contributed by atoms with Crippen molar-refractivity contribution >= 4 is 5.97 Å². The van der Waals surface area contributed by atoms with Gasteiger partial charge in [0.15, 0.2) is 0 Å². The first-order valence-electron chi connectivity index (χ1n) is 13.1. The fourth-order valence-electron chi connectivity index (χ4n) is 9.76. The Kier molecular flexibility index (Phi) is 6.31. The van der Waals surface area contributed by atoms with Crippen molar-refractivity contribution in [1.82, 2.24) is 0 Å². The van der Waals surface area contributed by atoms with Crippen molar-refractivity contribution in [2.24, 2.45) is 58.2 Å². The van der Waals surface area contributed by atoms with Gasteiger partial charge in [0.1, 0.15) is 0 Å². The van der Waals surface area contributed by atoms with E-state index in [0.29, 0.717) is 41.4 Å². The van der Waals surface area contributed by atoms with Crippen molar-refractivity contribution in [3.63, 3.8) is 0 Å². The van der Waals surface area contributed by atoms with E-state index in [9.17, 15) is 20.1 Å². The van der Waals surface area contributed by atoms with Crippen LogP contribution in [0.2, 0.25) is 0 Å². The summed E-state index contributed by atoms with van der Waals surface area (Å²) in [4.78, 5) is 11.5. The van der Waals surface area contributed by atoms with Gasteiger partial charge < -0.3 is 15.3 Å². The first-order chi connectivity index (χ1) is 14.5. The van der Waals surface area contributed by atoms with Crippen molar-refractivity contribution < 1.29 is 20.1 Å².